The number of aliphatic hydroxyl groups excluding tert-OH is 1. The Balaban J connectivity index is 4.10. The minimum absolute atomic E-state index is 0.232. The zero-order valence-electron chi connectivity index (χ0n) is 8.03. The highest BCUT2D eigenvalue weighted by molar-refractivity contribution is 5.85. The van der Waals surface area contributed by atoms with Gasteiger partial charge < -0.3 is 15.2 Å². The molecule has 0 aromatic rings. The lowest BCUT2D eigenvalue weighted by Gasteiger charge is -2.17. The van der Waals surface area contributed by atoms with Crippen molar-refractivity contribution >= 4 is 11.9 Å². The monoisotopic (exact) mass is 189 g/mol. The molecule has 2 atom stereocenters. The predicted molar refractivity (Wildman–Crippen MR) is 46.3 cm³/mol. The van der Waals surface area contributed by atoms with E-state index in [2.05, 4.69) is 10.1 Å². The van der Waals surface area contributed by atoms with E-state index in [-0.39, 0.29) is 12.4 Å². The molecule has 0 saturated carbocycles. The number of rotatable bonds is 4. The number of Topliss-reactive ketones (excluding diaryl/α,β-unsaturated/α-hetero) is 1. The fourth-order valence-corrected chi connectivity index (χ4v) is 0.862. The molecule has 5 heteroatoms. The maximum atomic E-state index is 10.9. The molecule has 5 nitrogen and oxygen atoms in total. The van der Waals surface area contributed by atoms with E-state index in [1.54, 1.807) is 6.92 Å². The van der Waals surface area contributed by atoms with Crippen molar-refractivity contribution in [3.05, 3.63) is 0 Å². The third-order valence-corrected chi connectivity index (χ3v) is 1.47. The van der Waals surface area contributed by atoms with Crippen LogP contribution in [0.3, 0.4) is 0 Å². The SMILES string of the molecule is CCOC(=O)NC(C(C)=O)C(C)O. The zero-order valence-corrected chi connectivity index (χ0v) is 8.03. The van der Waals surface area contributed by atoms with Gasteiger partial charge in [0.25, 0.3) is 0 Å². The number of carbonyl (C=O) groups excluding carboxylic acids is 2. The summed E-state index contributed by atoms with van der Waals surface area (Å²) in [5.74, 6) is -0.303. The molecule has 2 unspecified atom stereocenters. The van der Waals surface area contributed by atoms with Gasteiger partial charge in [-0.2, -0.15) is 0 Å². The van der Waals surface area contributed by atoms with Crippen molar-refractivity contribution in [2.45, 2.75) is 32.9 Å². The molecule has 2 N–H and O–H groups in total. The first kappa shape index (κ1) is 11.9. The summed E-state index contributed by atoms with van der Waals surface area (Å²) in [5, 5.41) is 11.4. The lowest BCUT2D eigenvalue weighted by Crippen LogP contribution is -2.46. The van der Waals surface area contributed by atoms with Gasteiger partial charge in [0.05, 0.1) is 12.7 Å². The first-order valence-corrected chi connectivity index (χ1v) is 4.10. The van der Waals surface area contributed by atoms with Crippen molar-refractivity contribution in [1.82, 2.24) is 5.32 Å². The average molecular weight is 189 g/mol. The lowest BCUT2D eigenvalue weighted by molar-refractivity contribution is -0.121. The summed E-state index contributed by atoms with van der Waals surface area (Å²) in [5.41, 5.74) is 0. The summed E-state index contributed by atoms with van der Waals surface area (Å²) in [6.07, 6.45) is -1.61. The highest BCUT2D eigenvalue weighted by atomic mass is 16.5. The maximum Gasteiger partial charge on any atom is 0.407 e. The maximum absolute atomic E-state index is 10.9. The number of ether oxygens (including phenoxy) is 1. The molecule has 13 heavy (non-hydrogen) atoms. The van der Waals surface area contributed by atoms with Gasteiger partial charge in [0.15, 0.2) is 5.78 Å². The molecule has 1 amide bonds. The summed E-state index contributed by atoms with van der Waals surface area (Å²) >= 11 is 0. The van der Waals surface area contributed by atoms with Crippen LogP contribution >= 0.6 is 0 Å². The Morgan fingerprint density at radius 1 is 1.54 bits per heavy atom. The second-order valence-electron chi connectivity index (χ2n) is 2.69. The number of hydrogen-bond acceptors (Lipinski definition) is 4. The quantitative estimate of drug-likeness (QED) is 0.656. The van der Waals surface area contributed by atoms with Crippen molar-refractivity contribution in [2.75, 3.05) is 6.61 Å². The summed E-state index contributed by atoms with van der Waals surface area (Å²) in [4.78, 5) is 21.8. The van der Waals surface area contributed by atoms with E-state index >= 15 is 0 Å². The Morgan fingerprint density at radius 3 is 2.38 bits per heavy atom. The van der Waals surface area contributed by atoms with Crippen molar-refractivity contribution in [2.24, 2.45) is 0 Å². The average Bonchev–Trinajstić information content (AvgIpc) is 1.99. The third-order valence-electron chi connectivity index (χ3n) is 1.47. The molecule has 0 aliphatic heterocycles. The number of hydrogen-bond donors (Lipinski definition) is 2. The van der Waals surface area contributed by atoms with Gasteiger partial charge in [0.2, 0.25) is 0 Å². The Labute approximate surface area is 77.1 Å². The van der Waals surface area contributed by atoms with Gasteiger partial charge in [-0.15, -0.1) is 0 Å². The molecule has 0 bridgehead atoms. The van der Waals surface area contributed by atoms with Crippen LogP contribution in [0, 0.1) is 0 Å². The van der Waals surface area contributed by atoms with Crippen LogP contribution < -0.4 is 5.32 Å². The van der Waals surface area contributed by atoms with Crippen molar-refractivity contribution < 1.29 is 19.4 Å². The van der Waals surface area contributed by atoms with Crippen LogP contribution in [0.5, 0.6) is 0 Å². The van der Waals surface area contributed by atoms with E-state index in [4.69, 9.17) is 5.11 Å². The molecule has 76 valence electrons. The fraction of sp³-hybridized carbons (Fsp3) is 0.750. The second-order valence-corrected chi connectivity index (χ2v) is 2.69. The Hall–Kier alpha value is -1.10. The number of nitrogens with one attached hydrogen (secondary N) is 1. The summed E-state index contributed by atoms with van der Waals surface area (Å²) in [6.45, 7) is 4.61. The van der Waals surface area contributed by atoms with E-state index < -0.39 is 18.2 Å². The smallest absolute Gasteiger partial charge is 0.407 e. The fourth-order valence-electron chi connectivity index (χ4n) is 0.862. The van der Waals surface area contributed by atoms with Crippen LogP contribution in [-0.4, -0.2) is 35.7 Å². The van der Waals surface area contributed by atoms with Crippen LogP contribution in [0.4, 0.5) is 4.79 Å². The standard InChI is InChI=1S/C8H15NO4/c1-4-13-8(12)9-7(5(2)10)6(3)11/h5,7,10H,4H2,1-3H3,(H,9,12). The highest BCUT2D eigenvalue weighted by Gasteiger charge is 2.22. The highest BCUT2D eigenvalue weighted by Crippen LogP contribution is 1.95. The van der Waals surface area contributed by atoms with E-state index in [0.29, 0.717) is 0 Å². The van der Waals surface area contributed by atoms with Crippen LogP contribution in [0.15, 0.2) is 0 Å². The Morgan fingerprint density at radius 2 is 2.08 bits per heavy atom. The summed E-state index contributed by atoms with van der Waals surface area (Å²) in [7, 11) is 0. The first-order chi connectivity index (χ1) is 5.99. The van der Waals surface area contributed by atoms with E-state index in [1.165, 1.54) is 13.8 Å². The normalized spacial score (nSPS) is 14.5. The van der Waals surface area contributed by atoms with Crippen molar-refractivity contribution in [3.8, 4) is 0 Å². The van der Waals surface area contributed by atoms with E-state index in [9.17, 15) is 9.59 Å². The predicted octanol–water partition coefficient (Wildman–Crippen LogP) is 0.0709. The second kappa shape index (κ2) is 5.53. The van der Waals surface area contributed by atoms with Gasteiger partial charge in [0.1, 0.15) is 6.04 Å². The molecule has 0 aromatic carbocycles. The molecule has 0 heterocycles. The molecule has 0 spiro atoms. The Kier molecular flexibility index (Phi) is 5.06. The van der Waals surface area contributed by atoms with Gasteiger partial charge in [0, 0.05) is 0 Å². The Bertz CT molecular complexity index is 191. The zero-order chi connectivity index (χ0) is 10.4. The molecule has 0 fully saturated rings. The minimum atomic E-state index is -0.915. The number of amides is 1. The number of aliphatic hydroxyl groups is 1. The van der Waals surface area contributed by atoms with Gasteiger partial charge in [-0.05, 0) is 20.8 Å². The summed E-state index contributed by atoms with van der Waals surface area (Å²) in [6, 6.07) is -0.890. The van der Waals surface area contributed by atoms with Gasteiger partial charge in [-0.1, -0.05) is 0 Å². The molecular weight excluding hydrogens is 174 g/mol. The molecule has 0 saturated heterocycles. The van der Waals surface area contributed by atoms with Crippen LogP contribution in [0.1, 0.15) is 20.8 Å². The van der Waals surface area contributed by atoms with Crippen molar-refractivity contribution in [3.63, 3.8) is 0 Å². The lowest BCUT2D eigenvalue weighted by atomic mass is 10.1. The topological polar surface area (TPSA) is 75.6 Å². The molecule has 0 aromatic heterocycles. The van der Waals surface area contributed by atoms with Crippen LogP contribution in [0.25, 0.3) is 0 Å². The van der Waals surface area contributed by atoms with Crippen LogP contribution in [0.2, 0.25) is 0 Å². The van der Waals surface area contributed by atoms with E-state index in [0.717, 1.165) is 0 Å². The largest absolute Gasteiger partial charge is 0.450 e. The van der Waals surface area contributed by atoms with E-state index in [1.807, 2.05) is 0 Å². The van der Waals surface area contributed by atoms with Crippen LogP contribution in [-0.2, 0) is 9.53 Å². The number of alkyl carbamates (subject to hydrolysis) is 1. The minimum Gasteiger partial charge on any atom is -0.450 e. The van der Waals surface area contributed by atoms with Gasteiger partial charge >= 0.3 is 6.09 Å². The molecule has 0 rings (SSSR count). The number of carbonyl (C=O) groups is 2. The first-order valence-electron chi connectivity index (χ1n) is 4.10. The number of ketones is 1. The third kappa shape index (κ3) is 4.47. The molecule has 0 aliphatic rings. The van der Waals surface area contributed by atoms with Gasteiger partial charge in [-0.25, -0.2) is 4.79 Å². The molecule has 0 aliphatic carbocycles. The van der Waals surface area contributed by atoms with Crippen molar-refractivity contribution in [1.29, 1.82) is 0 Å². The molecule has 0 radical (unpaired) electrons. The molecular formula is C8H15NO4. The summed E-state index contributed by atoms with van der Waals surface area (Å²) < 4.78 is 4.56. The van der Waals surface area contributed by atoms with Gasteiger partial charge in [-0.3, -0.25) is 4.79 Å².